The highest BCUT2D eigenvalue weighted by molar-refractivity contribution is 6.01. The Hall–Kier alpha value is -5.72. The minimum absolute atomic E-state index is 0.354. The average Bonchev–Trinajstić information content (AvgIpc) is 3.23. The number of hydrogen-bond donors (Lipinski definition) is 0. The van der Waals surface area contributed by atoms with Crippen LogP contribution in [-0.4, -0.2) is 11.7 Å². The lowest BCUT2D eigenvalue weighted by molar-refractivity contribution is 0.482. The number of hydrogen-bond acceptors (Lipinski definition) is 3. The SMILES string of the molecule is CC.CC(C)c1cccc(C(C)C)c1N=C=C(C1=CCCC=C1)c1ccc(Oc2ccc(C(=C=Nc3c(C(C)C)cccc3C(C)C)c3ccccc3)cc2)cc1. The van der Waals surface area contributed by atoms with E-state index in [1.165, 1.54) is 22.3 Å². The van der Waals surface area contributed by atoms with E-state index in [4.69, 9.17) is 14.7 Å². The lowest BCUT2D eigenvalue weighted by Crippen LogP contribution is -1.96. The second kappa shape index (κ2) is 20.4. The van der Waals surface area contributed by atoms with Crippen LogP contribution in [0.2, 0.25) is 0 Å². The molecule has 0 N–H and O–H groups in total. The molecule has 1 aliphatic rings. The Bertz CT molecular complexity index is 2230. The molecule has 0 fully saturated rings. The van der Waals surface area contributed by atoms with Crippen molar-refractivity contribution < 1.29 is 4.74 Å². The van der Waals surface area contributed by atoms with E-state index in [9.17, 15) is 0 Å². The summed E-state index contributed by atoms with van der Waals surface area (Å²) in [6, 6.07) is 39.9. The summed E-state index contributed by atoms with van der Waals surface area (Å²) < 4.78 is 6.39. The molecule has 1 aliphatic carbocycles. The van der Waals surface area contributed by atoms with Gasteiger partial charge in [0.2, 0.25) is 0 Å². The Morgan fingerprint density at radius 1 is 0.474 bits per heavy atom. The van der Waals surface area contributed by atoms with Gasteiger partial charge in [0.15, 0.2) is 0 Å². The molecule has 0 atom stereocenters. The van der Waals surface area contributed by atoms with E-state index in [-0.39, 0.29) is 0 Å². The molecule has 0 spiro atoms. The molecule has 5 aromatic carbocycles. The molecule has 57 heavy (non-hydrogen) atoms. The average molecular weight is 753 g/mol. The fraction of sp³-hybridized carbons (Fsp3) is 0.296. The Labute approximate surface area is 343 Å². The van der Waals surface area contributed by atoms with Crippen molar-refractivity contribution in [3.05, 3.63) is 178 Å². The Kier molecular flexibility index (Phi) is 15.2. The molecule has 0 aromatic heterocycles. The summed E-state index contributed by atoms with van der Waals surface area (Å²) in [7, 11) is 0. The zero-order chi connectivity index (χ0) is 40.9. The van der Waals surface area contributed by atoms with Crippen molar-refractivity contribution in [3.63, 3.8) is 0 Å². The molecule has 0 amide bonds. The Morgan fingerprint density at radius 3 is 1.28 bits per heavy atom. The number of rotatable bonds is 12. The van der Waals surface area contributed by atoms with Gasteiger partial charge in [-0.3, -0.25) is 0 Å². The molecule has 0 saturated heterocycles. The topological polar surface area (TPSA) is 34.0 Å². The summed E-state index contributed by atoms with van der Waals surface area (Å²) in [5.74, 6) is 9.96. The fourth-order valence-electron chi connectivity index (χ4n) is 7.02. The minimum Gasteiger partial charge on any atom is -0.457 e. The number of nitrogens with zero attached hydrogens (tertiary/aromatic N) is 2. The lowest BCUT2D eigenvalue weighted by Gasteiger charge is -2.16. The third kappa shape index (κ3) is 10.8. The van der Waals surface area contributed by atoms with Crippen molar-refractivity contribution in [3.8, 4) is 11.5 Å². The summed E-state index contributed by atoms with van der Waals surface area (Å²) in [5.41, 5.74) is 13.2. The molecule has 0 aliphatic heterocycles. The van der Waals surface area contributed by atoms with Crippen molar-refractivity contribution >= 4 is 34.3 Å². The molecule has 5 aromatic rings. The first-order chi connectivity index (χ1) is 27.6. The van der Waals surface area contributed by atoms with Gasteiger partial charge in [-0.2, -0.15) is 0 Å². The molecule has 0 bridgehead atoms. The quantitative estimate of drug-likeness (QED) is 0.117. The maximum atomic E-state index is 6.39. The van der Waals surface area contributed by atoms with E-state index in [0.29, 0.717) is 23.7 Å². The van der Waals surface area contributed by atoms with Crippen molar-refractivity contribution in [2.75, 3.05) is 0 Å². The molecule has 0 heterocycles. The summed E-state index contributed by atoms with van der Waals surface area (Å²) in [6.45, 7) is 21.8. The van der Waals surface area contributed by atoms with Crippen LogP contribution in [0.25, 0.3) is 11.1 Å². The van der Waals surface area contributed by atoms with Crippen LogP contribution >= 0.6 is 0 Å². The van der Waals surface area contributed by atoms with Crippen LogP contribution in [0.15, 0.2) is 149 Å². The Balaban J connectivity index is 0.00000305. The van der Waals surface area contributed by atoms with Crippen LogP contribution in [0.3, 0.4) is 0 Å². The maximum absolute atomic E-state index is 6.39. The van der Waals surface area contributed by atoms with E-state index in [2.05, 4.69) is 170 Å². The van der Waals surface area contributed by atoms with Crippen LogP contribution in [0.5, 0.6) is 11.5 Å². The number of ether oxygens (including phenoxy) is 1. The normalized spacial score (nSPS) is 12.1. The van der Waals surface area contributed by atoms with Crippen LogP contribution in [-0.2, 0) is 0 Å². The first-order valence-electron chi connectivity index (χ1n) is 20.8. The number of para-hydroxylation sites is 2. The second-order valence-electron chi connectivity index (χ2n) is 15.5. The van der Waals surface area contributed by atoms with Gasteiger partial charge in [0.25, 0.3) is 0 Å². The molecule has 3 heteroatoms. The van der Waals surface area contributed by atoms with E-state index >= 15 is 0 Å². The van der Waals surface area contributed by atoms with Crippen molar-refractivity contribution in [2.24, 2.45) is 9.98 Å². The van der Waals surface area contributed by atoms with E-state index in [1.807, 2.05) is 44.2 Å². The van der Waals surface area contributed by atoms with Gasteiger partial charge in [-0.25, -0.2) is 9.98 Å². The van der Waals surface area contributed by atoms with Crippen molar-refractivity contribution in [1.82, 2.24) is 0 Å². The monoisotopic (exact) mass is 752 g/mol. The summed E-state index contributed by atoms with van der Waals surface area (Å²) in [5, 5.41) is 0. The highest BCUT2D eigenvalue weighted by Crippen LogP contribution is 2.37. The molecular formula is C54H60N2O. The summed E-state index contributed by atoms with van der Waals surface area (Å²) >= 11 is 0. The predicted octanol–water partition coefficient (Wildman–Crippen LogP) is 16.1. The third-order valence-electron chi connectivity index (χ3n) is 10.1. The van der Waals surface area contributed by atoms with Gasteiger partial charge in [-0.05, 0) is 141 Å². The number of allylic oxidation sites excluding steroid dienone is 5. The number of aliphatic imine (C=N–C) groups is 2. The Morgan fingerprint density at radius 2 is 0.877 bits per heavy atom. The van der Waals surface area contributed by atoms with Crippen molar-refractivity contribution in [2.45, 2.75) is 106 Å². The summed E-state index contributed by atoms with van der Waals surface area (Å²) in [6.07, 6.45) is 8.77. The van der Waals surface area contributed by atoms with Crippen LogP contribution in [0.4, 0.5) is 11.4 Å². The molecule has 292 valence electrons. The van der Waals surface area contributed by atoms with E-state index in [0.717, 1.165) is 69.1 Å². The van der Waals surface area contributed by atoms with E-state index < -0.39 is 0 Å². The molecule has 0 saturated carbocycles. The van der Waals surface area contributed by atoms with Crippen molar-refractivity contribution in [1.29, 1.82) is 0 Å². The van der Waals surface area contributed by atoms with Crippen LogP contribution in [0.1, 0.15) is 145 Å². The summed E-state index contributed by atoms with van der Waals surface area (Å²) in [4.78, 5) is 10.1. The molecule has 3 nitrogen and oxygen atoms in total. The van der Waals surface area contributed by atoms with E-state index in [1.54, 1.807) is 0 Å². The molecule has 0 unspecified atom stereocenters. The zero-order valence-corrected chi connectivity index (χ0v) is 35.7. The highest BCUT2D eigenvalue weighted by Gasteiger charge is 2.16. The standard InChI is InChI=1S/C52H54N2O.C2H6/c1-35(2)45-21-15-22-46(36(3)4)51(45)53-33-49(39-17-11-9-12-18-39)41-25-29-43(30-26-41)55-44-31-27-42(28-32-44)50(40-19-13-10-14-20-40)34-54-52-47(37(5)6)23-16-24-48(52)38(7)8;1-2/h9,11-13,15-32,35-38H,10,14H2,1-8H3;1-2H3. The van der Waals surface area contributed by atoms with Gasteiger partial charge in [-0.1, -0.05) is 154 Å². The highest BCUT2D eigenvalue weighted by atomic mass is 16.5. The molecular weight excluding hydrogens is 693 g/mol. The third-order valence-corrected chi connectivity index (χ3v) is 10.1. The van der Waals surface area contributed by atoms with Crippen LogP contribution in [0, 0.1) is 0 Å². The van der Waals surface area contributed by atoms with Gasteiger partial charge in [0, 0.05) is 0 Å². The van der Waals surface area contributed by atoms with Crippen LogP contribution < -0.4 is 4.74 Å². The van der Waals surface area contributed by atoms with Gasteiger partial charge in [-0.15, -0.1) is 0 Å². The zero-order valence-electron chi connectivity index (χ0n) is 35.7. The lowest BCUT2D eigenvalue weighted by atomic mass is 9.92. The first-order valence-corrected chi connectivity index (χ1v) is 20.8. The molecule has 0 radical (unpaired) electrons. The number of benzene rings is 5. The molecule has 6 rings (SSSR count). The van der Waals surface area contributed by atoms with Gasteiger partial charge >= 0.3 is 0 Å². The second-order valence-corrected chi connectivity index (χ2v) is 15.5. The predicted molar refractivity (Wildman–Crippen MR) is 247 cm³/mol. The fourth-order valence-corrected chi connectivity index (χ4v) is 7.02. The van der Waals surface area contributed by atoms with Gasteiger partial charge in [0.05, 0.1) is 22.5 Å². The minimum atomic E-state index is 0.354. The first kappa shape index (κ1) is 42.4. The largest absolute Gasteiger partial charge is 0.457 e. The maximum Gasteiger partial charge on any atom is 0.127 e. The smallest absolute Gasteiger partial charge is 0.127 e. The van der Waals surface area contributed by atoms with Gasteiger partial charge in [0.1, 0.15) is 11.5 Å². The van der Waals surface area contributed by atoms with Gasteiger partial charge < -0.3 is 4.74 Å².